The minimum atomic E-state index is -0.0248. The number of aryl methyl sites for hydroxylation is 1. The van der Waals surface area contributed by atoms with E-state index >= 15 is 0 Å². The number of hydrogen-bond donors (Lipinski definition) is 1. The van der Waals surface area contributed by atoms with Crippen LogP contribution >= 0.6 is 0 Å². The third-order valence-corrected chi connectivity index (χ3v) is 5.05. The van der Waals surface area contributed by atoms with Crippen molar-refractivity contribution in [3.63, 3.8) is 0 Å². The van der Waals surface area contributed by atoms with Crippen LogP contribution in [0.4, 0.5) is 11.4 Å². The van der Waals surface area contributed by atoms with Crippen molar-refractivity contribution in [2.45, 2.75) is 25.7 Å². The second-order valence-corrected chi connectivity index (χ2v) is 6.99. The number of para-hydroxylation sites is 2. The number of nitrogens with one attached hydrogen (secondary N) is 1. The van der Waals surface area contributed by atoms with Crippen molar-refractivity contribution in [2.24, 2.45) is 0 Å². The summed E-state index contributed by atoms with van der Waals surface area (Å²) in [5.74, 6) is -0.0248. The average molecular weight is 368 g/mol. The van der Waals surface area contributed by atoms with Crippen molar-refractivity contribution >= 4 is 22.9 Å². The standard InChI is InChI=1S/C25H24N2O/c28-25(19-18-21-12-9-11-20-10-7-8-17-24(20)21)26-27(22-13-3-1-4-14-22)23-15-5-2-6-16-23/h1-8,10,13-18H,9,11-12,19H2,(H,26,28). The van der Waals surface area contributed by atoms with Gasteiger partial charge in [-0.3, -0.25) is 15.2 Å². The van der Waals surface area contributed by atoms with E-state index in [1.54, 1.807) is 0 Å². The first-order valence-electron chi connectivity index (χ1n) is 9.78. The van der Waals surface area contributed by atoms with E-state index in [1.165, 1.54) is 16.7 Å². The first-order chi connectivity index (χ1) is 13.8. The fraction of sp³-hybridized carbons (Fsp3) is 0.160. The molecule has 4 rings (SSSR count). The van der Waals surface area contributed by atoms with Crippen LogP contribution < -0.4 is 10.4 Å². The minimum absolute atomic E-state index is 0.0248. The van der Waals surface area contributed by atoms with Crippen molar-refractivity contribution in [2.75, 3.05) is 5.01 Å². The Bertz CT molecular complexity index is 925. The maximum atomic E-state index is 12.8. The van der Waals surface area contributed by atoms with Gasteiger partial charge >= 0.3 is 0 Å². The Morgan fingerprint density at radius 2 is 1.43 bits per heavy atom. The summed E-state index contributed by atoms with van der Waals surface area (Å²) < 4.78 is 0. The van der Waals surface area contributed by atoms with E-state index in [0.717, 1.165) is 30.6 Å². The zero-order chi connectivity index (χ0) is 19.2. The summed E-state index contributed by atoms with van der Waals surface area (Å²) in [7, 11) is 0. The van der Waals surface area contributed by atoms with Crippen LogP contribution in [0.3, 0.4) is 0 Å². The molecule has 0 fully saturated rings. The highest BCUT2D eigenvalue weighted by Gasteiger charge is 2.15. The van der Waals surface area contributed by atoms with Gasteiger partial charge in [-0.25, -0.2) is 0 Å². The van der Waals surface area contributed by atoms with Crippen molar-refractivity contribution < 1.29 is 4.79 Å². The largest absolute Gasteiger partial charge is 0.273 e. The molecule has 140 valence electrons. The quantitative estimate of drug-likeness (QED) is 0.589. The Morgan fingerprint density at radius 3 is 2.11 bits per heavy atom. The molecule has 1 amide bonds. The number of benzene rings is 3. The van der Waals surface area contributed by atoms with Gasteiger partial charge in [-0.1, -0.05) is 66.7 Å². The van der Waals surface area contributed by atoms with Gasteiger partial charge < -0.3 is 0 Å². The van der Waals surface area contributed by atoms with Gasteiger partial charge in [0.1, 0.15) is 0 Å². The molecule has 1 aliphatic rings. The molecule has 0 heterocycles. The SMILES string of the molecule is O=C(CC=C1CCCc2ccccc21)NN(c1ccccc1)c1ccccc1. The van der Waals surface area contributed by atoms with E-state index in [1.807, 2.05) is 65.7 Å². The number of anilines is 2. The van der Waals surface area contributed by atoms with Gasteiger partial charge in [0.25, 0.3) is 0 Å². The number of hydrogen-bond acceptors (Lipinski definition) is 2. The van der Waals surface area contributed by atoms with Gasteiger partial charge in [0.05, 0.1) is 11.4 Å². The zero-order valence-corrected chi connectivity index (χ0v) is 15.8. The summed E-state index contributed by atoms with van der Waals surface area (Å²) in [5.41, 5.74) is 8.88. The Labute approximate surface area is 166 Å². The summed E-state index contributed by atoms with van der Waals surface area (Å²) in [4.78, 5) is 12.8. The zero-order valence-electron chi connectivity index (χ0n) is 15.8. The van der Waals surface area contributed by atoms with E-state index in [-0.39, 0.29) is 5.91 Å². The summed E-state index contributed by atoms with van der Waals surface area (Å²) in [6, 6.07) is 28.3. The number of carbonyl (C=O) groups is 1. The maximum absolute atomic E-state index is 12.8. The van der Waals surface area contributed by atoms with Crippen molar-refractivity contribution in [3.8, 4) is 0 Å². The fourth-order valence-electron chi connectivity index (χ4n) is 3.69. The number of carbonyl (C=O) groups excluding carboxylic acids is 1. The number of nitrogens with zero attached hydrogens (tertiary/aromatic N) is 1. The van der Waals surface area contributed by atoms with Crippen LogP contribution in [-0.4, -0.2) is 5.91 Å². The first-order valence-corrected chi connectivity index (χ1v) is 9.78. The van der Waals surface area contributed by atoms with Gasteiger partial charge in [0.2, 0.25) is 5.91 Å². The molecule has 3 aromatic rings. The van der Waals surface area contributed by atoms with E-state index in [2.05, 4.69) is 35.8 Å². The molecule has 3 aromatic carbocycles. The highest BCUT2D eigenvalue weighted by molar-refractivity contribution is 5.84. The molecule has 3 nitrogen and oxygen atoms in total. The third-order valence-electron chi connectivity index (χ3n) is 5.05. The predicted octanol–water partition coefficient (Wildman–Crippen LogP) is 5.67. The second kappa shape index (κ2) is 8.57. The third kappa shape index (κ3) is 4.15. The van der Waals surface area contributed by atoms with Crippen molar-refractivity contribution in [3.05, 3.63) is 102 Å². The second-order valence-electron chi connectivity index (χ2n) is 6.99. The van der Waals surface area contributed by atoms with Crippen molar-refractivity contribution in [1.82, 2.24) is 5.43 Å². The Balaban J connectivity index is 1.52. The fourth-order valence-corrected chi connectivity index (χ4v) is 3.69. The molecule has 0 saturated heterocycles. The normalized spacial score (nSPS) is 14.4. The summed E-state index contributed by atoms with van der Waals surface area (Å²) >= 11 is 0. The molecular formula is C25H24N2O. The highest BCUT2D eigenvalue weighted by Crippen LogP contribution is 2.30. The van der Waals surface area contributed by atoms with Crippen molar-refractivity contribution in [1.29, 1.82) is 0 Å². The van der Waals surface area contributed by atoms with Crippen LogP contribution in [0.2, 0.25) is 0 Å². The first kappa shape index (κ1) is 18.1. The molecule has 3 heteroatoms. The molecule has 0 bridgehead atoms. The van der Waals surface area contributed by atoms with Gasteiger partial charge in [-0.15, -0.1) is 0 Å². The predicted molar refractivity (Wildman–Crippen MR) is 115 cm³/mol. The van der Waals surface area contributed by atoms with Gasteiger partial charge in [0.15, 0.2) is 0 Å². The highest BCUT2D eigenvalue weighted by atomic mass is 16.2. The molecule has 0 atom stereocenters. The average Bonchev–Trinajstić information content (AvgIpc) is 2.77. The molecule has 28 heavy (non-hydrogen) atoms. The minimum Gasteiger partial charge on any atom is -0.273 e. The topological polar surface area (TPSA) is 32.3 Å². The molecule has 0 aliphatic heterocycles. The van der Waals surface area contributed by atoms with E-state index in [4.69, 9.17) is 0 Å². The van der Waals surface area contributed by atoms with Crippen LogP contribution in [0, 0.1) is 0 Å². The van der Waals surface area contributed by atoms with Gasteiger partial charge in [-0.2, -0.15) is 0 Å². The van der Waals surface area contributed by atoms with E-state index in [9.17, 15) is 4.79 Å². The van der Waals surface area contributed by atoms with Crippen LogP contribution in [0.25, 0.3) is 5.57 Å². The maximum Gasteiger partial charge on any atom is 0.242 e. The molecule has 0 unspecified atom stereocenters. The lowest BCUT2D eigenvalue weighted by molar-refractivity contribution is -0.120. The molecule has 0 spiro atoms. The lowest BCUT2D eigenvalue weighted by Gasteiger charge is -2.25. The molecule has 1 N–H and O–H groups in total. The number of allylic oxidation sites excluding steroid dienone is 1. The Kier molecular flexibility index (Phi) is 5.53. The Hall–Kier alpha value is -3.33. The number of fused-ring (bicyclic) bond motifs is 1. The number of amides is 1. The number of hydrazine groups is 1. The van der Waals surface area contributed by atoms with Crippen LogP contribution in [0.15, 0.2) is 91.0 Å². The number of rotatable bonds is 5. The molecule has 0 saturated carbocycles. The van der Waals surface area contributed by atoms with Gasteiger partial charge in [-0.05, 0) is 60.2 Å². The Morgan fingerprint density at radius 1 is 0.821 bits per heavy atom. The summed E-state index contributed by atoms with van der Waals surface area (Å²) in [5, 5.41) is 1.84. The van der Waals surface area contributed by atoms with E-state index in [0.29, 0.717) is 6.42 Å². The van der Waals surface area contributed by atoms with Crippen LogP contribution in [-0.2, 0) is 11.2 Å². The lowest BCUT2D eigenvalue weighted by atomic mass is 9.87. The molecule has 1 aliphatic carbocycles. The summed E-state index contributed by atoms with van der Waals surface area (Å²) in [6.45, 7) is 0. The summed E-state index contributed by atoms with van der Waals surface area (Å²) in [6.07, 6.45) is 5.74. The molecule has 0 aromatic heterocycles. The monoisotopic (exact) mass is 368 g/mol. The van der Waals surface area contributed by atoms with E-state index < -0.39 is 0 Å². The molecule has 0 radical (unpaired) electrons. The molecular weight excluding hydrogens is 344 g/mol. The van der Waals surface area contributed by atoms with Gasteiger partial charge in [0, 0.05) is 6.42 Å². The van der Waals surface area contributed by atoms with Crippen LogP contribution in [0.1, 0.15) is 30.4 Å². The van der Waals surface area contributed by atoms with Crippen LogP contribution in [0.5, 0.6) is 0 Å². The lowest BCUT2D eigenvalue weighted by Crippen LogP contribution is -2.38. The smallest absolute Gasteiger partial charge is 0.242 e.